The van der Waals surface area contributed by atoms with Gasteiger partial charge in [0, 0.05) is 27.6 Å². The van der Waals surface area contributed by atoms with E-state index in [1.54, 1.807) is 24.3 Å². The number of rotatable bonds is 1. The number of aromatic amines is 2. The van der Waals surface area contributed by atoms with Crippen LogP contribution in [0.4, 0.5) is 22.0 Å². The highest BCUT2D eigenvalue weighted by molar-refractivity contribution is 5.89. The number of aromatic nitrogens is 4. The molecule has 172 valence electrons. The molecule has 1 aromatic carbocycles. The number of H-pyrrole nitrogens is 2. The molecule has 4 aromatic rings. The molecule has 0 aliphatic carbocycles. The summed E-state index contributed by atoms with van der Waals surface area (Å²) in [4.78, 5) is 15.2. The van der Waals surface area contributed by atoms with Crippen molar-refractivity contribution in [2.24, 2.45) is 0 Å². The monoisotopic (exact) mass is 476 g/mol. The molecule has 0 fully saturated rings. The topological polar surface area (TPSA) is 57.4 Å². The Labute approximate surface area is 194 Å². The third-order valence-corrected chi connectivity index (χ3v) is 5.68. The lowest BCUT2D eigenvalue weighted by molar-refractivity contribution is 0.381. The van der Waals surface area contributed by atoms with Gasteiger partial charge >= 0.3 is 0 Å². The fourth-order valence-corrected chi connectivity index (χ4v) is 4.09. The number of hydrogen-bond donors (Lipinski definition) is 2. The van der Waals surface area contributed by atoms with Crippen LogP contribution in [0, 0.1) is 29.1 Å². The maximum Gasteiger partial charge on any atom is 0.200 e. The summed E-state index contributed by atoms with van der Waals surface area (Å²) >= 11 is 0. The number of nitrogens with zero attached hydrogens (tertiary/aromatic N) is 2. The van der Waals surface area contributed by atoms with E-state index in [0.717, 1.165) is 11.0 Å². The second-order valence-corrected chi connectivity index (χ2v) is 8.00. The van der Waals surface area contributed by atoms with Crippen molar-refractivity contribution < 1.29 is 22.0 Å². The molecule has 0 amide bonds. The van der Waals surface area contributed by atoms with E-state index in [2.05, 4.69) is 19.9 Å². The molecule has 0 spiro atoms. The number of hydrogen-bond acceptors (Lipinski definition) is 2. The van der Waals surface area contributed by atoms with E-state index in [0.29, 0.717) is 22.4 Å². The Bertz CT molecular complexity index is 1640. The van der Waals surface area contributed by atoms with Gasteiger partial charge in [-0.2, -0.15) is 0 Å². The minimum Gasteiger partial charge on any atom is -0.355 e. The molecule has 0 saturated heterocycles. The third kappa shape index (κ3) is 3.52. The third-order valence-electron chi connectivity index (χ3n) is 5.68. The highest BCUT2D eigenvalue weighted by Crippen LogP contribution is 2.37. The lowest BCUT2D eigenvalue weighted by Gasteiger charge is -2.10. The molecule has 2 N–H and O–H groups in total. The number of fused-ring (bicyclic) bond motifs is 8. The van der Waals surface area contributed by atoms with Crippen molar-refractivity contribution in [3.63, 3.8) is 0 Å². The molecule has 2 aliphatic heterocycles. The molecular formula is C26H13F5N4. The Kier molecular flexibility index (Phi) is 4.67. The molecular weight excluding hydrogens is 463 g/mol. The predicted octanol–water partition coefficient (Wildman–Crippen LogP) is 7.02. The van der Waals surface area contributed by atoms with Crippen LogP contribution in [-0.2, 0) is 0 Å². The Balaban J connectivity index is 1.77. The SMILES string of the molecule is Fc1c(F)c(F)c(-c2c3nc(cc4ccc(cc5ccc(cc6nc2C=C6)[nH]5)[nH]4)C=C3)c(F)c1F. The van der Waals surface area contributed by atoms with Crippen LogP contribution in [0.15, 0.2) is 42.5 Å². The van der Waals surface area contributed by atoms with Crippen molar-refractivity contribution in [2.75, 3.05) is 0 Å². The van der Waals surface area contributed by atoms with Crippen LogP contribution in [0.2, 0.25) is 0 Å². The van der Waals surface area contributed by atoms with Gasteiger partial charge in [-0.3, -0.25) is 0 Å². The van der Waals surface area contributed by atoms with Gasteiger partial charge in [0.05, 0.1) is 28.3 Å². The van der Waals surface area contributed by atoms with Crippen LogP contribution in [0.1, 0.15) is 22.8 Å². The van der Waals surface area contributed by atoms with Crippen LogP contribution in [0.3, 0.4) is 0 Å². The Hall–Kier alpha value is -4.53. The first-order valence-corrected chi connectivity index (χ1v) is 10.5. The molecule has 4 nitrogen and oxygen atoms in total. The molecule has 6 rings (SSSR count). The van der Waals surface area contributed by atoms with Crippen molar-refractivity contribution >= 4 is 46.4 Å². The van der Waals surface area contributed by atoms with Gasteiger partial charge in [0.1, 0.15) is 0 Å². The van der Waals surface area contributed by atoms with Gasteiger partial charge in [0.15, 0.2) is 23.3 Å². The molecule has 0 unspecified atom stereocenters. The molecule has 35 heavy (non-hydrogen) atoms. The number of benzene rings is 1. The predicted molar refractivity (Wildman–Crippen MR) is 124 cm³/mol. The lowest BCUT2D eigenvalue weighted by atomic mass is 10.00. The molecule has 3 aromatic heterocycles. The maximum atomic E-state index is 14.9. The van der Waals surface area contributed by atoms with Crippen LogP contribution >= 0.6 is 0 Å². The number of nitrogens with one attached hydrogen (secondary N) is 2. The van der Waals surface area contributed by atoms with Gasteiger partial charge in [-0.05, 0) is 66.8 Å². The summed E-state index contributed by atoms with van der Waals surface area (Å²) in [5.41, 5.74) is 2.53. The van der Waals surface area contributed by atoms with Crippen molar-refractivity contribution in [2.45, 2.75) is 0 Å². The lowest BCUT2D eigenvalue weighted by Crippen LogP contribution is -2.05. The van der Waals surface area contributed by atoms with Crippen molar-refractivity contribution in [1.29, 1.82) is 0 Å². The standard InChI is InChI=1S/C26H13F5N4/c27-22-21(23(28)25(30)26(31)24(22)29)20-18-7-5-16(34-18)10-14-3-1-12(32-14)9-13-2-4-15(33-13)11-17-6-8-19(20)35-17/h1-11,32-33H. The molecule has 9 heteroatoms. The van der Waals surface area contributed by atoms with Crippen LogP contribution in [-0.4, -0.2) is 19.9 Å². The summed E-state index contributed by atoms with van der Waals surface area (Å²) < 4.78 is 71.7. The minimum atomic E-state index is -2.23. The molecule has 0 saturated carbocycles. The summed E-state index contributed by atoms with van der Waals surface area (Å²) in [5, 5.41) is 0. The van der Waals surface area contributed by atoms with Crippen LogP contribution in [0.5, 0.6) is 0 Å². The van der Waals surface area contributed by atoms with Crippen molar-refractivity contribution in [3.05, 3.63) is 94.3 Å². The molecule has 2 aliphatic rings. The molecule has 8 bridgehead atoms. The largest absolute Gasteiger partial charge is 0.355 e. The fourth-order valence-electron chi connectivity index (χ4n) is 4.09. The van der Waals surface area contributed by atoms with Crippen LogP contribution in [0.25, 0.3) is 57.5 Å². The zero-order valence-corrected chi connectivity index (χ0v) is 17.6. The average Bonchev–Trinajstić information content (AvgIpc) is 3.64. The van der Waals surface area contributed by atoms with Crippen molar-refractivity contribution in [1.82, 2.24) is 19.9 Å². The van der Waals surface area contributed by atoms with E-state index < -0.39 is 34.6 Å². The Morgan fingerprint density at radius 2 is 0.857 bits per heavy atom. The van der Waals surface area contributed by atoms with Gasteiger partial charge in [-0.25, -0.2) is 31.9 Å². The minimum absolute atomic E-state index is 0.0108. The van der Waals surface area contributed by atoms with Gasteiger partial charge in [0.2, 0.25) is 5.82 Å². The molecule has 0 radical (unpaired) electrons. The van der Waals surface area contributed by atoms with Crippen LogP contribution < -0.4 is 0 Å². The van der Waals surface area contributed by atoms with E-state index in [9.17, 15) is 22.0 Å². The average molecular weight is 476 g/mol. The number of halogens is 5. The summed E-state index contributed by atoms with van der Waals surface area (Å²) in [6, 6.07) is 12.7. The second-order valence-electron chi connectivity index (χ2n) is 8.00. The first-order valence-electron chi connectivity index (χ1n) is 10.5. The summed E-state index contributed by atoms with van der Waals surface area (Å²) in [7, 11) is 0. The van der Waals surface area contributed by atoms with Crippen molar-refractivity contribution in [3.8, 4) is 11.1 Å². The van der Waals surface area contributed by atoms with E-state index in [4.69, 9.17) is 0 Å². The Morgan fingerprint density at radius 3 is 1.31 bits per heavy atom. The zero-order valence-electron chi connectivity index (χ0n) is 17.6. The van der Waals surface area contributed by atoms with E-state index in [-0.39, 0.29) is 17.0 Å². The normalized spacial score (nSPS) is 12.5. The fraction of sp³-hybridized carbons (Fsp3) is 0. The second kappa shape index (κ2) is 7.76. The quantitative estimate of drug-likeness (QED) is 0.152. The maximum absolute atomic E-state index is 14.9. The highest BCUT2D eigenvalue weighted by atomic mass is 19.2. The van der Waals surface area contributed by atoms with E-state index >= 15 is 0 Å². The van der Waals surface area contributed by atoms with E-state index in [1.165, 1.54) is 12.2 Å². The highest BCUT2D eigenvalue weighted by Gasteiger charge is 2.30. The van der Waals surface area contributed by atoms with Gasteiger partial charge in [-0.15, -0.1) is 0 Å². The molecule has 0 atom stereocenters. The summed E-state index contributed by atoms with van der Waals surface area (Å²) in [5.74, 6) is -10.2. The zero-order chi connectivity index (χ0) is 24.3. The van der Waals surface area contributed by atoms with Gasteiger partial charge < -0.3 is 9.97 Å². The summed E-state index contributed by atoms with van der Waals surface area (Å²) in [6.45, 7) is 0. The molecule has 5 heterocycles. The first-order chi connectivity index (χ1) is 16.9. The Morgan fingerprint density at radius 1 is 0.457 bits per heavy atom. The smallest absolute Gasteiger partial charge is 0.200 e. The van der Waals surface area contributed by atoms with Gasteiger partial charge in [-0.1, -0.05) is 0 Å². The van der Waals surface area contributed by atoms with E-state index in [1.807, 2.05) is 30.3 Å². The van der Waals surface area contributed by atoms with Gasteiger partial charge in [0.25, 0.3) is 0 Å². The first kappa shape index (κ1) is 21.0. The summed E-state index contributed by atoms with van der Waals surface area (Å²) in [6.07, 6.45) is 6.05.